The lowest BCUT2D eigenvalue weighted by Gasteiger charge is -2.36. The van der Waals surface area contributed by atoms with E-state index in [4.69, 9.17) is 14.2 Å². The Morgan fingerprint density at radius 3 is 2.46 bits per heavy atom. The molecular formula is C21H31NO4. The summed E-state index contributed by atoms with van der Waals surface area (Å²) in [5, 5.41) is 3.22. The number of nitrogens with one attached hydrogen (secondary N) is 1. The molecule has 1 saturated carbocycles. The van der Waals surface area contributed by atoms with Gasteiger partial charge in [-0.25, -0.2) is 4.79 Å². The number of benzene rings is 1. The van der Waals surface area contributed by atoms with Crippen molar-refractivity contribution < 1.29 is 19.0 Å². The van der Waals surface area contributed by atoms with Gasteiger partial charge in [0, 0.05) is 19.4 Å². The summed E-state index contributed by atoms with van der Waals surface area (Å²) in [6.45, 7) is 7.82. The Morgan fingerprint density at radius 2 is 1.88 bits per heavy atom. The molecule has 0 bridgehead atoms. The summed E-state index contributed by atoms with van der Waals surface area (Å²) in [7, 11) is 1.93. The van der Waals surface area contributed by atoms with Crippen LogP contribution in [0, 0.1) is 0 Å². The fourth-order valence-corrected chi connectivity index (χ4v) is 3.97. The Hall–Kier alpha value is -1.43. The van der Waals surface area contributed by atoms with Gasteiger partial charge in [-0.2, -0.15) is 0 Å². The zero-order valence-corrected chi connectivity index (χ0v) is 16.4. The highest BCUT2D eigenvalue weighted by atomic mass is 16.7. The van der Waals surface area contributed by atoms with Crippen LogP contribution in [-0.4, -0.2) is 37.6 Å². The zero-order valence-electron chi connectivity index (χ0n) is 16.4. The van der Waals surface area contributed by atoms with Crippen LogP contribution < -0.4 is 5.32 Å². The first-order chi connectivity index (χ1) is 12.3. The summed E-state index contributed by atoms with van der Waals surface area (Å²) in [6, 6.07) is 5.98. The molecule has 2 aliphatic rings. The summed E-state index contributed by atoms with van der Waals surface area (Å²) in [4.78, 5) is 12.4. The van der Waals surface area contributed by atoms with Crippen molar-refractivity contribution >= 4 is 5.97 Å². The van der Waals surface area contributed by atoms with Gasteiger partial charge in [0.1, 0.15) is 5.60 Å². The molecule has 1 N–H and O–H groups in total. The van der Waals surface area contributed by atoms with Gasteiger partial charge in [0.25, 0.3) is 0 Å². The molecule has 0 unspecified atom stereocenters. The van der Waals surface area contributed by atoms with E-state index in [1.807, 2.05) is 40.0 Å². The maximum Gasteiger partial charge on any atom is 0.338 e. The minimum Gasteiger partial charge on any atom is -0.456 e. The van der Waals surface area contributed by atoms with E-state index < -0.39 is 5.60 Å². The first-order valence-electron chi connectivity index (χ1n) is 9.61. The molecule has 1 saturated heterocycles. The van der Waals surface area contributed by atoms with Crippen LogP contribution in [0.25, 0.3) is 0 Å². The summed E-state index contributed by atoms with van der Waals surface area (Å²) in [5.74, 6) is -0.128. The van der Waals surface area contributed by atoms with Crippen LogP contribution in [0.15, 0.2) is 18.2 Å². The van der Waals surface area contributed by atoms with E-state index in [0.29, 0.717) is 24.7 Å². The molecule has 2 fully saturated rings. The highest BCUT2D eigenvalue weighted by Gasteiger charge is 2.40. The third kappa shape index (κ3) is 4.45. The Labute approximate surface area is 156 Å². The van der Waals surface area contributed by atoms with Crippen LogP contribution in [-0.2, 0) is 20.8 Å². The van der Waals surface area contributed by atoms with Crippen molar-refractivity contribution in [2.45, 2.75) is 70.3 Å². The number of esters is 1. The lowest BCUT2D eigenvalue weighted by molar-refractivity contribution is -0.178. The number of hydrogen-bond donors (Lipinski definition) is 1. The Bertz CT molecular complexity index is 634. The fraction of sp³-hybridized carbons (Fsp3) is 0.667. The van der Waals surface area contributed by atoms with Crippen molar-refractivity contribution in [3.63, 3.8) is 0 Å². The largest absolute Gasteiger partial charge is 0.456 e. The van der Waals surface area contributed by atoms with Gasteiger partial charge in [0.05, 0.1) is 18.8 Å². The standard InChI is InChI=1S/C21H31NO4/c1-20(2,3)26-19(23)16-5-6-18(17(13-16)14-22-4)15-7-9-21(10-8-15)24-11-12-25-21/h5-6,13,15,22H,7-12,14H2,1-4H3. The molecule has 5 heteroatoms. The minimum absolute atomic E-state index is 0.267. The molecule has 0 radical (unpaired) electrons. The molecule has 1 aliphatic heterocycles. The second-order valence-corrected chi connectivity index (χ2v) is 8.33. The predicted octanol–water partition coefficient (Wildman–Crippen LogP) is 3.76. The molecule has 0 aromatic heterocycles. The quantitative estimate of drug-likeness (QED) is 0.828. The van der Waals surface area contributed by atoms with Crippen molar-refractivity contribution in [2.75, 3.05) is 20.3 Å². The van der Waals surface area contributed by atoms with Gasteiger partial charge in [-0.1, -0.05) is 6.07 Å². The van der Waals surface area contributed by atoms with Gasteiger partial charge in [-0.05, 0) is 69.8 Å². The van der Waals surface area contributed by atoms with E-state index >= 15 is 0 Å². The van der Waals surface area contributed by atoms with Gasteiger partial charge in [-0.3, -0.25) is 0 Å². The normalized spacial score (nSPS) is 20.5. The first kappa shape index (κ1) is 19.3. The number of carbonyl (C=O) groups excluding carboxylic acids is 1. The molecule has 1 spiro atoms. The van der Waals surface area contributed by atoms with Gasteiger partial charge in [0.15, 0.2) is 5.79 Å². The number of ether oxygens (including phenoxy) is 3. The van der Waals surface area contributed by atoms with Gasteiger partial charge in [0.2, 0.25) is 0 Å². The third-order valence-corrected chi connectivity index (χ3v) is 5.15. The number of hydrogen-bond acceptors (Lipinski definition) is 5. The second-order valence-electron chi connectivity index (χ2n) is 8.33. The lowest BCUT2D eigenvalue weighted by atomic mass is 9.79. The summed E-state index contributed by atoms with van der Waals surface area (Å²) in [5.41, 5.74) is 2.62. The van der Waals surface area contributed by atoms with E-state index in [1.165, 1.54) is 11.1 Å². The zero-order chi connectivity index (χ0) is 18.8. The van der Waals surface area contributed by atoms with Crippen molar-refractivity contribution in [3.8, 4) is 0 Å². The molecule has 1 aromatic rings. The molecule has 144 valence electrons. The molecule has 1 aliphatic carbocycles. The summed E-state index contributed by atoms with van der Waals surface area (Å²) < 4.78 is 17.2. The Kier molecular flexibility index (Phi) is 5.70. The van der Waals surface area contributed by atoms with Crippen molar-refractivity contribution in [1.82, 2.24) is 5.32 Å². The van der Waals surface area contributed by atoms with Gasteiger partial charge in [-0.15, -0.1) is 0 Å². The molecule has 26 heavy (non-hydrogen) atoms. The van der Waals surface area contributed by atoms with Crippen molar-refractivity contribution in [2.24, 2.45) is 0 Å². The average molecular weight is 361 g/mol. The lowest BCUT2D eigenvalue weighted by Crippen LogP contribution is -2.34. The Balaban J connectivity index is 1.76. The van der Waals surface area contributed by atoms with E-state index in [0.717, 1.165) is 32.2 Å². The smallest absolute Gasteiger partial charge is 0.338 e. The van der Waals surface area contributed by atoms with Crippen LogP contribution in [0.1, 0.15) is 73.9 Å². The second kappa shape index (κ2) is 7.67. The maximum absolute atomic E-state index is 12.4. The topological polar surface area (TPSA) is 56.8 Å². The first-order valence-corrected chi connectivity index (χ1v) is 9.61. The molecule has 1 heterocycles. The Morgan fingerprint density at radius 1 is 1.23 bits per heavy atom. The van der Waals surface area contributed by atoms with Crippen LogP contribution in [0.5, 0.6) is 0 Å². The summed E-state index contributed by atoms with van der Waals surface area (Å²) in [6.07, 6.45) is 3.96. The monoisotopic (exact) mass is 361 g/mol. The van der Waals surface area contributed by atoms with E-state index in [-0.39, 0.29) is 11.8 Å². The summed E-state index contributed by atoms with van der Waals surface area (Å²) >= 11 is 0. The minimum atomic E-state index is -0.488. The highest BCUT2D eigenvalue weighted by molar-refractivity contribution is 5.90. The highest BCUT2D eigenvalue weighted by Crippen LogP contribution is 2.43. The SMILES string of the molecule is CNCc1cc(C(=O)OC(C)(C)C)ccc1C1CCC2(CC1)OCCO2. The van der Waals surface area contributed by atoms with Gasteiger partial charge < -0.3 is 19.5 Å². The van der Waals surface area contributed by atoms with Crippen molar-refractivity contribution in [1.29, 1.82) is 0 Å². The van der Waals surface area contributed by atoms with Crippen LogP contribution in [0.4, 0.5) is 0 Å². The number of carbonyl (C=O) groups is 1. The fourth-order valence-electron chi connectivity index (χ4n) is 3.97. The van der Waals surface area contributed by atoms with Gasteiger partial charge >= 0.3 is 5.97 Å². The number of rotatable bonds is 4. The van der Waals surface area contributed by atoms with E-state index in [1.54, 1.807) is 0 Å². The molecule has 1 aromatic carbocycles. The third-order valence-electron chi connectivity index (χ3n) is 5.15. The molecule has 5 nitrogen and oxygen atoms in total. The molecular weight excluding hydrogens is 330 g/mol. The van der Waals surface area contributed by atoms with Crippen molar-refractivity contribution in [3.05, 3.63) is 34.9 Å². The maximum atomic E-state index is 12.4. The predicted molar refractivity (Wildman–Crippen MR) is 100 cm³/mol. The van der Waals surface area contributed by atoms with E-state index in [2.05, 4.69) is 11.4 Å². The van der Waals surface area contributed by atoms with Crippen LogP contribution >= 0.6 is 0 Å². The molecule has 3 rings (SSSR count). The van der Waals surface area contributed by atoms with Crippen LogP contribution in [0.3, 0.4) is 0 Å². The molecule has 0 atom stereocenters. The van der Waals surface area contributed by atoms with Crippen LogP contribution in [0.2, 0.25) is 0 Å². The average Bonchev–Trinajstić information content (AvgIpc) is 3.03. The molecule has 0 amide bonds. The van der Waals surface area contributed by atoms with E-state index in [9.17, 15) is 4.79 Å².